The van der Waals surface area contributed by atoms with E-state index in [9.17, 15) is 4.79 Å². The molecule has 0 bridgehead atoms. The van der Waals surface area contributed by atoms with Crippen molar-refractivity contribution in [3.8, 4) is 0 Å². The van der Waals surface area contributed by atoms with Gasteiger partial charge in [-0.25, -0.2) is 4.98 Å². The van der Waals surface area contributed by atoms with Crippen LogP contribution in [0, 0.1) is 13.8 Å². The Bertz CT molecular complexity index is 1010. The smallest absolute Gasteiger partial charge is 0.262 e. The Hall–Kier alpha value is -1.18. The van der Waals surface area contributed by atoms with Crippen molar-refractivity contribution in [2.24, 2.45) is 0 Å². The molecule has 1 aliphatic heterocycles. The minimum absolute atomic E-state index is 0.0108. The largest absolute Gasteiger partial charge is 0.376 e. The summed E-state index contributed by atoms with van der Waals surface area (Å²) < 4.78 is 7.74. The van der Waals surface area contributed by atoms with Crippen molar-refractivity contribution in [3.63, 3.8) is 0 Å². The third kappa shape index (κ3) is 3.87. The lowest BCUT2D eigenvalue weighted by Crippen LogP contribution is -2.37. The van der Waals surface area contributed by atoms with Gasteiger partial charge in [-0.05, 0) is 49.9 Å². The van der Waals surface area contributed by atoms with Gasteiger partial charge in [0, 0.05) is 6.61 Å². The summed E-state index contributed by atoms with van der Waals surface area (Å²) in [5.74, 6) is -0.188. The molecule has 2 aromatic heterocycles. The van der Waals surface area contributed by atoms with Gasteiger partial charge in [0.05, 0.1) is 32.8 Å². The highest BCUT2D eigenvalue weighted by atomic mass is 35.5. The number of hydrogen-bond donors (Lipinski definition) is 0. The van der Waals surface area contributed by atoms with Crippen LogP contribution in [0.2, 0.25) is 8.67 Å². The minimum atomic E-state index is -0.188. The molecule has 0 N–H and O–H groups in total. The molecule has 0 aliphatic carbocycles. The lowest BCUT2D eigenvalue weighted by molar-refractivity contribution is 0.0918. The molecule has 0 radical (unpaired) electrons. The first-order valence-electron chi connectivity index (χ1n) is 8.68. The number of aryl methyl sites for hydroxylation is 2. The van der Waals surface area contributed by atoms with Crippen molar-refractivity contribution in [1.82, 2.24) is 4.98 Å². The second-order valence-corrected chi connectivity index (χ2v) is 10.0. The van der Waals surface area contributed by atoms with E-state index in [0.717, 1.165) is 35.2 Å². The van der Waals surface area contributed by atoms with Crippen LogP contribution in [0.4, 0.5) is 5.13 Å². The zero-order valence-electron chi connectivity index (χ0n) is 14.9. The van der Waals surface area contributed by atoms with Crippen LogP contribution in [0.1, 0.15) is 34.3 Å². The zero-order chi connectivity index (χ0) is 19.1. The van der Waals surface area contributed by atoms with Crippen LogP contribution in [-0.4, -0.2) is 30.1 Å². The molecule has 1 atom stereocenters. The fourth-order valence-corrected chi connectivity index (χ4v) is 5.94. The number of benzene rings is 1. The Morgan fingerprint density at radius 1 is 1.30 bits per heavy atom. The molecule has 8 heteroatoms. The van der Waals surface area contributed by atoms with E-state index in [1.807, 2.05) is 6.92 Å². The maximum absolute atomic E-state index is 13.3. The number of thiophene rings is 1. The molecule has 1 saturated heterocycles. The van der Waals surface area contributed by atoms with Gasteiger partial charge in [0.25, 0.3) is 5.91 Å². The van der Waals surface area contributed by atoms with Gasteiger partial charge >= 0.3 is 0 Å². The topological polar surface area (TPSA) is 42.4 Å². The van der Waals surface area contributed by atoms with Crippen molar-refractivity contribution in [2.45, 2.75) is 32.8 Å². The Kier molecular flexibility index (Phi) is 5.45. The number of anilines is 1. The standard InChI is InChI=1S/C19H18Cl2N2O2S2/c1-10-6-11(2)16-14(7-10)26-19(22-16)23(9-12-4-3-5-25-12)18(24)13-8-15(20)27-17(13)21/h6-8,12H,3-5,9H2,1-2H3. The van der Waals surface area contributed by atoms with Crippen molar-refractivity contribution in [2.75, 3.05) is 18.1 Å². The van der Waals surface area contributed by atoms with Gasteiger partial charge in [0.2, 0.25) is 0 Å². The van der Waals surface area contributed by atoms with Gasteiger partial charge in [-0.1, -0.05) is 40.6 Å². The third-order valence-electron chi connectivity index (χ3n) is 4.59. The van der Waals surface area contributed by atoms with Crippen LogP contribution in [0.5, 0.6) is 0 Å². The van der Waals surface area contributed by atoms with Gasteiger partial charge in [0.1, 0.15) is 4.34 Å². The maximum Gasteiger partial charge on any atom is 0.262 e. The quantitative estimate of drug-likeness (QED) is 0.491. The average molecular weight is 441 g/mol. The number of nitrogens with zero attached hydrogens (tertiary/aromatic N) is 2. The van der Waals surface area contributed by atoms with Crippen LogP contribution in [0.15, 0.2) is 18.2 Å². The molecule has 4 rings (SSSR count). The zero-order valence-corrected chi connectivity index (χ0v) is 18.1. The number of rotatable bonds is 4. The molecule has 1 unspecified atom stereocenters. The fraction of sp³-hybridized carbons (Fsp3) is 0.368. The summed E-state index contributed by atoms with van der Waals surface area (Å²) in [6, 6.07) is 5.84. The highest BCUT2D eigenvalue weighted by molar-refractivity contribution is 7.22. The van der Waals surface area contributed by atoms with Crippen LogP contribution in [0.3, 0.4) is 0 Å². The van der Waals surface area contributed by atoms with Gasteiger partial charge in [-0.15, -0.1) is 11.3 Å². The van der Waals surface area contributed by atoms with Gasteiger partial charge in [-0.2, -0.15) is 0 Å². The van der Waals surface area contributed by atoms with E-state index in [4.69, 9.17) is 32.9 Å². The number of fused-ring (bicyclic) bond motifs is 1. The maximum atomic E-state index is 13.3. The Morgan fingerprint density at radius 3 is 2.78 bits per heavy atom. The summed E-state index contributed by atoms with van der Waals surface area (Å²) in [6.07, 6.45) is 1.96. The minimum Gasteiger partial charge on any atom is -0.376 e. The molecular weight excluding hydrogens is 423 g/mol. The van der Waals surface area contributed by atoms with Gasteiger partial charge in [-0.3, -0.25) is 9.69 Å². The van der Waals surface area contributed by atoms with Crippen LogP contribution in [-0.2, 0) is 4.74 Å². The highest BCUT2D eigenvalue weighted by Crippen LogP contribution is 2.36. The van der Waals surface area contributed by atoms with Crippen LogP contribution >= 0.6 is 45.9 Å². The lowest BCUT2D eigenvalue weighted by atomic mass is 10.1. The van der Waals surface area contributed by atoms with E-state index in [1.54, 1.807) is 11.0 Å². The van der Waals surface area contributed by atoms with Crippen LogP contribution < -0.4 is 4.90 Å². The monoisotopic (exact) mass is 440 g/mol. The van der Waals surface area contributed by atoms with Crippen molar-refractivity contribution < 1.29 is 9.53 Å². The molecule has 3 heterocycles. The summed E-state index contributed by atoms with van der Waals surface area (Å²) in [4.78, 5) is 19.8. The summed E-state index contributed by atoms with van der Waals surface area (Å²) >= 11 is 15.0. The number of thiazole rings is 1. The summed E-state index contributed by atoms with van der Waals surface area (Å²) in [5, 5.41) is 0.664. The molecule has 142 valence electrons. The van der Waals surface area contributed by atoms with Crippen molar-refractivity contribution in [3.05, 3.63) is 43.6 Å². The summed E-state index contributed by atoms with van der Waals surface area (Å²) in [7, 11) is 0. The normalized spacial score (nSPS) is 17.0. The van der Waals surface area contributed by atoms with Gasteiger partial charge < -0.3 is 4.74 Å². The SMILES string of the molecule is Cc1cc(C)c2nc(N(CC3CCCO3)C(=O)c3cc(Cl)sc3Cl)sc2c1. The Labute approximate surface area is 175 Å². The van der Waals surface area contributed by atoms with E-state index < -0.39 is 0 Å². The Morgan fingerprint density at radius 2 is 2.11 bits per heavy atom. The van der Waals surface area contributed by atoms with Crippen molar-refractivity contribution in [1.29, 1.82) is 0 Å². The molecule has 1 fully saturated rings. The van der Waals surface area contributed by atoms with E-state index in [-0.39, 0.29) is 12.0 Å². The van der Waals surface area contributed by atoms with Crippen LogP contribution in [0.25, 0.3) is 10.2 Å². The third-order valence-corrected chi connectivity index (χ3v) is 7.10. The number of carbonyl (C=O) groups is 1. The number of hydrogen-bond acceptors (Lipinski definition) is 5. The first-order chi connectivity index (χ1) is 12.9. The summed E-state index contributed by atoms with van der Waals surface area (Å²) in [5.41, 5.74) is 3.63. The molecule has 0 saturated carbocycles. The Balaban J connectivity index is 1.76. The van der Waals surface area contributed by atoms with E-state index >= 15 is 0 Å². The number of ether oxygens (including phenoxy) is 1. The average Bonchev–Trinajstić information content (AvgIpc) is 3.32. The highest BCUT2D eigenvalue weighted by Gasteiger charge is 2.29. The predicted molar refractivity (Wildman–Crippen MR) is 114 cm³/mol. The summed E-state index contributed by atoms with van der Waals surface area (Å²) in [6.45, 7) is 5.30. The molecule has 1 aromatic carbocycles. The first kappa shape index (κ1) is 19.2. The second kappa shape index (κ2) is 7.68. The second-order valence-electron chi connectivity index (χ2n) is 6.71. The molecule has 0 spiro atoms. The van der Waals surface area contributed by atoms with E-state index in [2.05, 4.69) is 19.1 Å². The molecular formula is C19H18Cl2N2O2S2. The number of carbonyl (C=O) groups excluding carboxylic acids is 1. The van der Waals surface area contributed by atoms with E-state index in [1.165, 1.54) is 28.2 Å². The molecule has 1 aliphatic rings. The van der Waals surface area contributed by atoms with Gasteiger partial charge in [0.15, 0.2) is 5.13 Å². The molecule has 1 amide bonds. The number of amides is 1. The first-order valence-corrected chi connectivity index (χ1v) is 11.1. The predicted octanol–water partition coefficient (Wildman–Crippen LogP) is 6.11. The lowest BCUT2D eigenvalue weighted by Gasteiger charge is -2.22. The molecule has 3 aromatic rings. The van der Waals surface area contributed by atoms with Crippen molar-refractivity contribution >= 4 is 67.1 Å². The van der Waals surface area contributed by atoms with E-state index in [0.29, 0.717) is 25.9 Å². The number of halogens is 2. The number of aromatic nitrogens is 1. The fourth-order valence-electron chi connectivity index (χ4n) is 3.35. The molecule has 27 heavy (non-hydrogen) atoms. The molecule has 4 nitrogen and oxygen atoms in total.